The van der Waals surface area contributed by atoms with Crippen molar-refractivity contribution in [3.8, 4) is 0 Å². The van der Waals surface area contributed by atoms with E-state index in [-0.39, 0.29) is 17.1 Å². The molecule has 0 saturated carbocycles. The summed E-state index contributed by atoms with van der Waals surface area (Å²) in [5, 5.41) is 2.75. The van der Waals surface area contributed by atoms with Gasteiger partial charge in [0, 0.05) is 6.26 Å². The lowest BCUT2D eigenvalue weighted by atomic mass is 10.2. The van der Waals surface area contributed by atoms with Crippen molar-refractivity contribution in [1.29, 1.82) is 0 Å². The van der Waals surface area contributed by atoms with E-state index in [0.717, 1.165) is 6.26 Å². The van der Waals surface area contributed by atoms with E-state index in [1.807, 2.05) is 0 Å². The fourth-order valence-corrected chi connectivity index (χ4v) is 1.83. The summed E-state index contributed by atoms with van der Waals surface area (Å²) in [5.74, 6) is -0.434. The van der Waals surface area contributed by atoms with Crippen molar-refractivity contribution < 1.29 is 17.9 Å². The SMILES string of the molecule is COC(=O)CNc1ccc(S(C)(=O)=O)cc1N. The van der Waals surface area contributed by atoms with E-state index in [1.165, 1.54) is 25.3 Å². The van der Waals surface area contributed by atoms with E-state index in [2.05, 4.69) is 10.1 Å². The van der Waals surface area contributed by atoms with Crippen LogP contribution in [0.5, 0.6) is 0 Å². The molecule has 0 fully saturated rings. The second-order valence-electron chi connectivity index (χ2n) is 3.45. The predicted molar refractivity (Wildman–Crippen MR) is 64.5 cm³/mol. The van der Waals surface area contributed by atoms with Gasteiger partial charge in [-0.15, -0.1) is 0 Å². The minimum atomic E-state index is -3.28. The highest BCUT2D eigenvalue weighted by molar-refractivity contribution is 7.90. The minimum Gasteiger partial charge on any atom is -0.468 e. The number of methoxy groups -OCH3 is 1. The number of nitrogen functional groups attached to an aromatic ring is 1. The van der Waals surface area contributed by atoms with Gasteiger partial charge < -0.3 is 15.8 Å². The number of sulfone groups is 1. The predicted octanol–water partition coefficient (Wildman–Crippen LogP) is 0.257. The van der Waals surface area contributed by atoms with E-state index >= 15 is 0 Å². The van der Waals surface area contributed by atoms with E-state index in [0.29, 0.717) is 5.69 Å². The molecule has 0 aliphatic rings. The second-order valence-corrected chi connectivity index (χ2v) is 5.47. The third-order valence-electron chi connectivity index (χ3n) is 2.10. The molecule has 6 nitrogen and oxygen atoms in total. The van der Waals surface area contributed by atoms with Crippen LogP contribution in [-0.2, 0) is 19.4 Å². The molecular formula is C10H14N2O4S. The average molecular weight is 258 g/mol. The molecule has 1 rings (SSSR count). The molecule has 0 aliphatic carbocycles. The Morgan fingerprint density at radius 3 is 2.59 bits per heavy atom. The molecule has 0 atom stereocenters. The summed E-state index contributed by atoms with van der Waals surface area (Å²) < 4.78 is 27.0. The summed E-state index contributed by atoms with van der Waals surface area (Å²) >= 11 is 0. The van der Waals surface area contributed by atoms with Crippen LogP contribution >= 0.6 is 0 Å². The zero-order valence-corrected chi connectivity index (χ0v) is 10.4. The van der Waals surface area contributed by atoms with Crippen LogP contribution in [0.25, 0.3) is 0 Å². The van der Waals surface area contributed by atoms with Gasteiger partial charge in [-0.05, 0) is 18.2 Å². The van der Waals surface area contributed by atoms with Gasteiger partial charge in [-0.3, -0.25) is 4.79 Å². The Hall–Kier alpha value is -1.76. The van der Waals surface area contributed by atoms with Crippen LogP contribution < -0.4 is 11.1 Å². The van der Waals surface area contributed by atoms with Crippen LogP contribution in [0.2, 0.25) is 0 Å². The molecule has 1 aromatic carbocycles. The Kier molecular flexibility index (Phi) is 3.95. The van der Waals surface area contributed by atoms with Gasteiger partial charge in [0.2, 0.25) is 0 Å². The van der Waals surface area contributed by atoms with Crippen molar-refractivity contribution in [2.24, 2.45) is 0 Å². The third-order valence-corrected chi connectivity index (χ3v) is 3.21. The van der Waals surface area contributed by atoms with Crippen molar-refractivity contribution >= 4 is 27.2 Å². The lowest BCUT2D eigenvalue weighted by molar-refractivity contribution is -0.138. The first-order chi connectivity index (χ1) is 7.84. The van der Waals surface area contributed by atoms with Gasteiger partial charge >= 0.3 is 5.97 Å². The minimum absolute atomic E-state index is 0.0288. The number of hydrogen-bond donors (Lipinski definition) is 2. The lowest BCUT2D eigenvalue weighted by Gasteiger charge is -2.09. The number of nitrogens with two attached hydrogens (primary N) is 1. The highest BCUT2D eigenvalue weighted by Crippen LogP contribution is 2.22. The third kappa shape index (κ3) is 3.63. The Bertz CT molecular complexity index is 525. The lowest BCUT2D eigenvalue weighted by Crippen LogP contribution is -2.15. The summed E-state index contributed by atoms with van der Waals surface area (Å²) in [6, 6.07) is 4.27. The van der Waals surface area contributed by atoms with Gasteiger partial charge in [-0.2, -0.15) is 0 Å². The van der Waals surface area contributed by atoms with Gasteiger partial charge in [-0.25, -0.2) is 8.42 Å². The monoisotopic (exact) mass is 258 g/mol. The largest absolute Gasteiger partial charge is 0.468 e. The number of nitrogens with one attached hydrogen (secondary N) is 1. The highest BCUT2D eigenvalue weighted by atomic mass is 32.2. The topological polar surface area (TPSA) is 98.5 Å². The number of carbonyl (C=O) groups excluding carboxylic acids is 1. The Balaban J connectivity index is 2.88. The molecule has 0 heterocycles. The molecule has 0 radical (unpaired) electrons. The summed E-state index contributed by atoms with van der Waals surface area (Å²) in [6.07, 6.45) is 1.10. The number of anilines is 2. The van der Waals surface area contributed by atoms with Gasteiger partial charge in [0.15, 0.2) is 9.84 Å². The molecule has 0 aromatic heterocycles. The molecule has 1 aromatic rings. The van der Waals surface area contributed by atoms with Crippen molar-refractivity contribution in [3.05, 3.63) is 18.2 Å². The molecule has 17 heavy (non-hydrogen) atoms. The first-order valence-electron chi connectivity index (χ1n) is 4.75. The maximum atomic E-state index is 11.3. The zero-order valence-electron chi connectivity index (χ0n) is 9.56. The molecular weight excluding hydrogens is 244 g/mol. The number of benzene rings is 1. The fraction of sp³-hybridized carbons (Fsp3) is 0.300. The molecule has 0 amide bonds. The summed E-state index contributed by atoms with van der Waals surface area (Å²) in [5.41, 5.74) is 6.42. The molecule has 7 heteroatoms. The van der Waals surface area contributed by atoms with Gasteiger partial charge in [-0.1, -0.05) is 0 Å². The summed E-state index contributed by atoms with van der Waals surface area (Å²) in [6.45, 7) is -0.0288. The quantitative estimate of drug-likeness (QED) is 0.593. The van der Waals surface area contributed by atoms with Gasteiger partial charge in [0.05, 0.1) is 23.4 Å². The molecule has 0 unspecified atom stereocenters. The number of ether oxygens (including phenoxy) is 1. The highest BCUT2D eigenvalue weighted by Gasteiger charge is 2.10. The van der Waals surface area contributed by atoms with E-state index in [4.69, 9.17) is 5.73 Å². The van der Waals surface area contributed by atoms with Crippen molar-refractivity contribution in [2.75, 3.05) is 31.0 Å². The standard InChI is InChI=1S/C10H14N2O4S/c1-16-10(13)6-12-9-4-3-7(5-8(9)11)17(2,14)15/h3-5,12H,6,11H2,1-2H3. The Labute approximate surface area is 99.7 Å². The van der Waals surface area contributed by atoms with Crippen LogP contribution in [0.3, 0.4) is 0 Å². The molecule has 94 valence electrons. The molecule has 0 bridgehead atoms. The van der Waals surface area contributed by atoms with Crippen molar-refractivity contribution in [2.45, 2.75) is 4.90 Å². The molecule has 0 saturated heterocycles. The maximum absolute atomic E-state index is 11.3. The normalized spacial score (nSPS) is 10.9. The van der Waals surface area contributed by atoms with Gasteiger partial charge in [0.25, 0.3) is 0 Å². The summed E-state index contributed by atoms with van der Waals surface area (Å²) in [7, 11) is -2.00. The smallest absolute Gasteiger partial charge is 0.325 e. The van der Waals surface area contributed by atoms with E-state index < -0.39 is 15.8 Å². The Morgan fingerprint density at radius 1 is 1.47 bits per heavy atom. The molecule has 3 N–H and O–H groups in total. The van der Waals surface area contributed by atoms with Crippen molar-refractivity contribution in [3.63, 3.8) is 0 Å². The fourth-order valence-electron chi connectivity index (χ4n) is 1.17. The number of hydrogen-bond acceptors (Lipinski definition) is 6. The van der Waals surface area contributed by atoms with Crippen LogP contribution in [0.4, 0.5) is 11.4 Å². The van der Waals surface area contributed by atoms with Crippen LogP contribution in [-0.4, -0.2) is 34.3 Å². The van der Waals surface area contributed by atoms with E-state index in [9.17, 15) is 13.2 Å². The van der Waals surface area contributed by atoms with Crippen molar-refractivity contribution in [1.82, 2.24) is 0 Å². The summed E-state index contributed by atoms with van der Waals surface area (Å²) in [4.78, 5) is 11.0. The maximum Gasteiger partial charge on any atom is 0.325 e. The van der Waals surface area contributed by atoms with Crippen LogP contribution in [0, 0.1) is 0 Å². The second kappa shape index (κ2) is 5.05. The number of carbonyl (C=O) groups is 1. The molecule has 0 aliphatic heterocycles. The first-order valence-corrected chi connectivity index (χ1v) is 6.64. The first kappa shape index (κ1) is 13.3. The zero-order chi connectivity index (χ0) is 13.1. The number of esters is 1. The van der Waals surface area contributed by atoms with Gasteiger partial charge in [0.1, 0.15) is 6.54 Å². The average Bonchev–Trinajstić information content (AvgIpc) is 2.25. The number of rotatable bonds is 4. The Morgan fingerprint density at radius 2 is 2.12 bits per heavy atom. The molecule has 0 spiro atoms. The van der Waals surface area contributed by atoms with E-state index in [1.54, 1.807) is 0 Å². The van der Waals surface area contributed by atoms with Crippen LogP contribution in [0.15, 0.2) is 23.1 Å². The van der Waals surface area contributed by atoms with Crippen LogP contribution in [0.1, 0.15) is 0 Å².